The highest BCUT2D eigenvalue weighted by Gasteiger charge is 2.16. The third kappa shape index (κ3) is 5.32. The quantitative estimate of drug-likeness (QED) is 0.526. The maximum atomic E-state index is 12.8. The second kappa shape index (κ2) is 10.4. The Morgan fingerprint density at radius 3 is 2.55 bits per heavy atom. The van der Waals surface area contributed by atoms with E-state index in [0.29, 0.717) is 12.1 Å². The van der Waals surface area contributed by atoms with Crippen LogP contribution < -0.4 is 5.32 Å². The zero-order valence-corrected chi connectivity index (χ0v) is 19.2. The number of fused-ring (bicyclic) bond motifs is 1. The van der Waals surface area contributed by atoms with Gasteiger partial charge in [-0.15, -0.1) is 11.8 Å². The zero-order valence-electron chi connectivity index (χ0n) is 18.4. The van der Waals surface area contributed by atoms with Crippen molar-refractivity contribution in [3.63, 3.8) is 0 Å². The van der Waals surface area contributed by atoms with E-state index in [9.17, 15) is 4.79 Å². The fraction of sp³-hybridized carbons (Fsp3) is 0.400. The molecule has 1 aliphatic heterocycles. The van der Waals surface area contributed by atoms with Gasteiger partial charge in [0.05, 0.1) is 13.2 Å². The summed E-state index contributed by atoms with van der Waals surface area (Å²) in [6.45, 7) is 10.2. The average Bonchev–Trinajstić information content (AvgIpc) is 3.15. The van der Waals surface area contributed by atoms with Crippen LogP contribution in [0.3, 0.4) is 0 Å². The van der Waals surface area contributed by atoms with Gasteiger partial charge in [-0.3, -0.25) is 9.69 Å². The van der Waals surface area contributed by atoms with E-state index in [2.05, 4.69) is 65.0 Å². The molecule has 0 atom stereocenters. The molecule has 2 heterocycles. The molecule has 0 aliphatic carbocycles. The number of nitrogens with zero attached hydrogens (tertiary/aromatic N) is 2. The fourth-order valence-electron chi connectivity index (χ4n) is 4.12. The molecular formula is C25H31N3O2S. The predicted molar refractivity (Wildman–Crippen MR) is 128 cm³/mol. The smallest absolute Gasteiger partial charge is 0.251 e. The second-order valence-corrected chi connectivity index (χ2v) is 9.14. The highest BCUT2D eigenvalue weighted by Crippen LogP contribution is 2.23. The normalized spacial score (nSPS) is 14.8. The summed E-state index contributed by atoms with van der Waals surface area (Å²) < 4.78 is 7.82. The Labute approximate surface area is 188 Å². The highest BCUT2D eigenvalue weighted by atomic mass is 32.2. The van der Waals surface area contributed by atoms with Crippen LogP contribution >= 0.6 is 11.8 Å². The van der Waals surface area contributed by atoms with Crippen LogP contribution in [0.1, 0.15) is 35.5 Å². The van der Waals surface area contributed by atoms with Crippen molar-refractivity contribution in [2.75, 3.05) is 32.1 Å². The van der Waals surface area contributed by atoms with Crippen LogP contribution in [0.5, 0.6) is 0 Å². The Morgan fingerprint density at radius 2 is 1.84 bits per heavy atom. The van der Waals surface area contributed by atoms with E-state index in [1.54, 1.807) is 0 Å². The van der Waals surface area contributed by atoms with Crippen LogP contribution in [0, 0.1) is 0 Å². The van der Waals surface area contributed by atoms with Crippen molar-refractivity contribution < 1.29 is 9.53 Å². The lowest BCUT2D eigenvalue weighted by Gasteiger charge is -2.26. The second-order valence-electron chi connectivity index (χ2n) is 7.80. The van der Waals surface area contributed by atoms with E-state index < -0.39 is 0 Å². The monoisotopic (exact) mass is 437 g/mol. The Hall–Kier alpha value is -2.28. The lowest BCUT2D eigenvalue weighted by molar-refractivity contribution is 0.0332. The molecule has 0 unspecified atom stereocenters. The first-order chi connectivity index (χ1) is 15.2. The molecule has 6 heteroatoms. The lowest BCUT2D eigenvalue weighted by Crippen LogP contribution is -2.36. The van der Waals surface area contributed by atoms with E-state index in [-0.39, 0.29) is 5.91 Å². The van der Waals surface area contributed by atoms with Crippen LogP contribution in [-0.2, 0) is 24.4 Å². The molecule has 1 fully saturated rings. The molecule has 4 rings (SSSR count). The van der Waals surface area contributed by atoms with Gasteiger partial charge in [0.25, 0.3) is 5.91 Å². The average molecular weight is 438 g/mol. The number of benzene rings is 2. The van der Waals surface area contributed by atoms with Crippen molar-refractivity contribution in [3.05, 3.63) is 65.4 Å². The molecule has 164 valence electrons. The molecule has 1 aromatic heterocycles. The molecule has 2 aromatic carbocycles. The highest BCUT2D eigenvalue weighted by molar-refractivity contribution is 7.99. The van der Waals surface area contributed by atoms with E-state index in [1.807, 2.05) is 23.9 Å². The molecule has 1 aliphatic rings. The number of amides is 1. The molecule has 0 bridgehead atoms. The fourth-order valence-corrected chi connectivity index (χ4v) is 4.78. The molecule has 1 saturated heterocycles. The van der Waals surface area contributed by atoms with Gasteiger partial charge in [0, 0.05) is 59.8 Å². The summed E-state index contributed by atoms with van der Waals surface area (Å²) in [5.74, 6) is 1.03. The number of carbonyl (C=O) groups excluding carboxylic acids is 1. The number of thioether (sulfide) groups is 1. The number of ether oxygens (including phenoxy) is 1. The first-order valence-electron chi connectivity index (χ1n) is 11.1. The lowest BCUT2D eigenvalue weighted by atomic mass is 10.1. The van der Waals surface area contributed by atoms with Crippen LogP contribution in [0.15, 0.2) is 53.4 Å². The summed E-state index contributed by atoms with van der Waals surface area (Å²) in [7, 11) is 0. The molecule has 5 nitrogen and oxygen atoms in total. The largest absolute Gasteiger partial charge is 0.379 e. The van der Waals surface area contributed by atoms with Crippen LogP contribution in [0.25, 0.3) is 10.9 Å². The van der Waals surface area contributed by atoms with Gasteiger partial charge < -0.3 is 14.6 Å². The standard InChI is InChI=1S/C25H31N3O2S/c1-3-28-22(18-27-11-13-30-14-12-27)16-21-15-20(7-10-24(21)28)25(29)26-17-19-5-8-23(9-6-19)31-4-2/h5-10,15-16H,3-4,11-14,17-18H2,1-2H3,(H,26,29). The topological polar surface area (TPSA) is 46.5 Å². The molecule has 1 amide bonds. The van der Waals surface area contributed by atoms with Gasteiger partial charge in [-0.2, -0.15) is 0 Å². The number of hydrogen-bond donors (Lipinski definition) is 1. The SMILES string of the molecule is CCSc1ccc(CNC(=O)c2ccc3c(c2)cc(CN2CCOCC2)n3CC)cc1. The third-order valence-electron chi connectivity index (χ3n) is 5.74. The maximum Gasteiger partial charge on any atom is 0.251 e. The zero-order chi connectivity index (χ0) is 21.6. The number of carbonyl (C=O) groups is 1. The van der Waals surface area contributed by atoms with Crippen molar-refractivity contribution in [1.29, 1.82) is 0 Å². The van der Waals surface area contributed by atoms with Gasteiger partial charge in [0.1, 0.15) is 0 Å². The van der Waals surface area contributed by atoms with Crippen molar-refractivity contribution in [2.45, 2.75) is 38.4 Å². The van der Waals surface area contributed by atoms with Gasteiger partial charge in [0.2, 0.25) is 0 Å². The Kier molecular flexibility index (Phi) is 7.33. The van der Waals surface area contributed by atoms with E-state index in [0.717, 1.165) is 56.1 Å². The van der Waals surface area contributed by atoms with Crippen molar-refractivity contribution in [2.24, 2.45) is 0 Å². The number of morpholine rings is 1. The Morgan fingerprint density at radius 1 is 1.06 bits per heavy atom. The van der Waals surface area contributed by atoms with Gasteiger partial charge >= 0.3 is 0 Å². The molecule has 1 N–H and O–H groups in total. The summed E-state index contributed by atoms with van der Waals surface area (Å²) in [6, 6.07) is 16.7. The maximum absolute atomic E-state index is 12.8. The summed E-state index contributed by atoms with van der Waals surface area (Å²) >= 11 is 1.82. The summed E-state index contributed by atoms with van der Waals surface area (Å²) in [5.41, 5.74) is 4.30. The first-order valence-corrected chi connectivity index (χ1v) is 12.1. The molecule has 0 spiro atoms. The Balaban J connectivity index is 1.45. The number of rotatable bonds is 8. The predicted octanol–water partition coefficient (Wildman–Crippen LogP) is 4.54. The number of aryl methyl sites for hydroxylation is 1. The minimum absolute atomic E-state index is 0.0344. The number of hydrogen-bond acceptors (Lipinski definition) is 4. The van der Waals surface area contributed by atoms with Crippen LogP contribution in [0.4, 0.5) is 0 Å². The molecule has 31 heavy (non-hydrogen) atoms. The van der Waals surface area contributed by atoms with Crippen LogP contribution in [0.2, 0.25) is 0 Å². The number of nitrogens with one attached hydrogen (secondary N) is 1. The molecular weight excluding hydrogens is 406 g/mol. The molecule has 0 radical (unpaired) electrons. The number of aromatic nitrogens is 1. The van der Waals surface area contributed by atoms with E-state index in [4.69, 9.17) is 4.74 Å². The van der Waals surface area contributed by atoms with Gasteiger partial charge in [-0.1, -0.05) is 19.1 Å². The minimum atomic E-state index is -0.0344. The van der Waals surface area contributed by atoms with Crippen molar-refractivity contribution in [3.8, 4) is 0 Å². The van der Waals surface area contributed by atoms with E-state index in [1.165, 1.54) is 16.1 Å². The molecule has 3 aromatic rings. The van der Waals surface area contributed by atoms with Gasteiger partial charge in [0.15, 0.2) is 0 Å². The summed E-state index contributed by atoms with van der Waals surface area (Å²) in [6.07, 6.45) is 0. The van der Waals surface area contributed by atoms with E-state index >= 15 is 0 Å². The van der Waals surface area contributed by atoms with Gasteiger partial charge in [-0.05, 0) is 54.6 Å². The van der Waals surface area contributed by atoms with Crippen molar-refractivity contribution >= 4 is 28.6 Å². The summed E-state index contributed by atoms with van der Waals surface area (Å²) in [5, 5.41) is 4.18. The first kappa shape index (κ1) is 21.9. The third-order valence-corrected chi connectivity index (χ3v) is 6.64. The van der Waals surface area contributed by atoms with Crippen LogP contribution in [-0.4, -0.2) is 47.4 Å². The molecule has 0 saturated carbocycles. The van der Waals surface area contributed by atoms with Crippen molar-refractivity contribution in [1.82, 2.24) is 14.8 Å². The Bertz CT molecular complexity index is 1020. The van der Waals surface area contributed by atoms with Gasteiger partial charge in [-0.25, -0.2) is 0 Å². The summed E-state index contributed by atoms with van der Waals surface area (Å²) in [4.78, 5) is 16.5. The minimum Gasteiger partial charge on any atom is -0.379 e.